The van der Waals surface area contributed by atoms with Crippen LogP contribution < -0.4 is 15.0 Å². The number of carbonyl (C=O) groups is 3. The minimum atomic E-state index is -0.288. The van der Waals surface area contributed by atoms with Crippen molar-refractivity contribution in [2.45, 2.75) is 25.8 Å². The van der Waals surface area contributed by atoms with E-state index in [0.717, 1.165) is 10.5 Å². The maximum absolute atomic E-state index is 12.6. The number of ether oxygens (including phenoxy) is 1. The predicted octanol–water partition coefficient (Wildman–Crippen LogP) is 2.84. The average Bonchev–Trinajstić information content (AvgIpc) is 3.00. The topological polar surface area (TPSA) is 75.7 Å². The summed E-state index contributed by atoms with van der Waals surface area (Å²) >= 11 is 0. The molecule has 2 aromatic carbocycles. The largest absolute Gasteiger partial charge is 0.496 e. The van der Waals surface area contributed by atoms with Crippen LogP contribution in [-0.2, 0) is 9.59 Å². The zero-order valence-corrected chi connectivity index (χ0v) is 14.7. The quantitative estimate of drug-likeness (QED) is 0.840. The Kier molecular flexibility index (Phi) is 5.02. The molecule has 3 amide bonds. The Morgan fingerprint density at radius 3 is 2.46 bits per heavy atom. The third-order valence-corrected chi connectivity index (χ3v) is 4.37. The van der Waals surface area contributed by atoms with Gasteiger partial charge in [0.2, 0.25) is 11.8 Å². The standard InChI is InChI=1S/C20H20N2O4/c1-13(16-8-3-4-9-17(16)26-2)21-20(25)14-6-5-7-15(12-14)22-18(23)10-11-19(22)24/h3-9,12-13H,10-11H2,1-2H3,(H,21,25)/t13-/m1/s1. The molecule has 1 N–H and O–H groups in total. The molecular formula is C20H20N2O4. The number of rotatable bonds is 5. The van der Waals surface area contributed by atoms with Gasteiger partial charge in [-0.05, 0) is 31.2 Å². The van der Waals surface area contributed by atoms with E-state index in [4.69, 9.17) is 4.74 Å². The van der Waals surface area contributed by atoms with Crippen LogP contribution in [-0.4, -0.2) is 24.8 Å². The zero-order chi connectivity index (χ0) is 18.7. The van der Waals surface area contributed by atoms with Crippen LogP contribution in [0.4, 0.5) is 5.69 Å². The second-order valence-corrected chi connectivity index (χ2v) is 6.11. The maximum atomic E-state index is 12.6. The van der Waals surface area contributed by atoms with Gasteiger partial charge in [0.25, 0.3) is 5.91 Å². The van der Waals surface area contributed by atoms with E-state index in [1.165, 1.54) is 0 Å². The van der Waals surface area contributed by atoms with Crippen molar-refractivity contribution in [2.24, 2.45) is 0 Å². The molecule has 0 radical (unpaired) electrons. The van der Waals surface area contributed by atoms with Crippen LogP contribution in [0.25, 0.3) is 0 Å². The SMILES string of the molecule is COc1ccccc1[C@@H](C)NC(=O)c1cccc(N2C(=O)CCC2=O)c1. The second-order valence-electron chi connectivity index (χ2n) is 6.11. The van der Waals surface area contributed by atoms with Crippen molar-refractivity contribution in [3.05, 3.63) is 59.7 Å². The first-order chi connectivity index (χ1) is 12.5. The lowest BCUT2D eigenvalue weighted by molar-refractivity contribution is -0.121. The van der Waals surface area contributed by atoms with Crippen molar-refractivity contribution < 1.29 is 19.1 Å². The summed E-state index contributed by atoms with van der Waals surface area (Å²) in [5, 5.41) is 2.92. The summed E-state index contributed by atoms with van der Waals surface area (Å²) in [4.78, 5) is 37.5. The van der Waals surface area contributed by atoms with Gasteiger partial charge < -0.3 is 10.1 Å². The molecule has 1 heterocycles. The smallest absolute Gasteiger partial charge is 0.251 e. The Morgan fingerprint density at radius 2 is 1.77 bits per heavy atom. The van der Waals surface area contributed by atoms with Gasteiger partial charge in [-0.15, -0.1) is 0 Å². The molecule has 3 rings (SSSR count). The zero-order valence-electron chi connectivity index (χ0n) is 14.7. The number of nitrogens with one attached hydrogen (secondary N) is 1. The summed E-state index contributed by atoms with van der Waals surface area (Å²) in [5.74, 6) is -0.0726. The number of benzene rings is 2. The highest BCUT2D eigenvalue weighted by molar-refractivity contribution is 6.20. The molecule has 6 heteroatoms. The van der Waals surface area contributed by atoms with Crippen LogP contribution in [0.5, 0.6) is 5.75 Å². The number of methoxy groups -OCH3 is 1. The van der Waals surface area contributed by atoms with Gasteiger partial charge in [-0.25, -0.2) is 0 Å². The lowest BCUT2D eigenvalue weighted by Gasteiger charge is -2.18. The fraction of sp³-hybridized carbons (Fsp3) is 0.250. The third kappa shape index (κ3) is 3.44. The van der Waals surface area contributed by atoms with Crippen LogP contribution >= 0.6 is 0 Å². The van der Waals surface area contributed by atoms with Gasteiger partial charge in [-0.1, -0.05) is 24.3 Å². The van der Waals surface area contributed by atoms with Crippen molar-refractivity contribution in [1.29, 1.82) is 0 Å². The predicted molar refractivity (Wildman–Crippen MR) is 97.0 cm³/mol. The van der Waals surface area contributed by atoms with Crippen molar-refractivity contribution in [1.82, 2.24) is 5.32 Å². The van der Waals surface area contributed by atoms with E-state index < -0.39 is 0 Å². The number of nitrogens with zero attached hydrogens (tertiary/aromatic N) is 1. The minimum absolute atomic E-state index is 0.208. The number of carbonyl (C=O) groups excluding carboxylic acids is 3. The average molecular weight is 352 g/mol. The highest BCUT2D eigenvalue weighted by atomic mass is 16.5. The van der Waals surface area contributed by atoms with E-state index in [9.17, 15) is 14.4 Å². The van der Waals surface area contributed by atoms with E-state index >= 15 is 0 Å². The number of hydrogen-bond donors (Lipinski definition) is 1. The Balaban J connectivity index is 1.79. The molecule has 26 heavy (non-hydrogen) atoms. The van der Waals surface area contributed by atoms with Crippen molar-refractivity contribution in [3.63, 3.8) is 0 Å². The summed E-state index contributed by atoms with van der Waals surface area (Å²) in [6.07, 6.45) is 0.417. The monoisotopic (exact) mass is 352 g/mol. The van der Waals surface area contributed by atoms with Crippen LogP contribution in [0.1, 0.15) is 41.7 Å². The van der Waals surface area contributed by atoms with Gasteiger partial charge in [-0.2, -0.15) is 0 Å². The summed E-state index contributed by atoms with van der Waals surface area (Å²) in [7, 11) is 1.58. The molecule has 6 nitrogen and oxygen atoms in total. The Bertz CT molecular complexity index is 846. The van der Waals surface area contributed by atoms with Crippen molar-refractivity contribution >= 4 is 23.4 Å². The molecule has 2 aromatic rings. The molecule has 0 spiro atoms. The molecule has 0 saturated carbocycles. The first-order valence-electron chi connectivity index (χ1n) is 8.41. The fourth-order valence-corrected chi connectivity index (χ4v) is 3.03. The minimum Gasteiger partial charge on any atom is -0.496 e. The molecule has 1 aliphatic heterocycles. The van der Waals surface area contributed by atoms with E-state index in [1.54, 1.807) is 31.4 Å². The van der Waals surface area contributed by atoms with Crippen molar-refractivity contribution in [3.8, 4) is 5.75 Å². The van der Waals surface area contributed by atoms with Crippen LogP contribution in [0, 0.1) is 0 Å². The van der Waals surface area contributed by atoms with E-state index in [2.05, 4.69) is 5.32 Å². The number of amides is 3. The summed E-state index contributed by atoms with van der Waals surface area (Å²) in [6, 6.07) is 13.7. The molecule has 134 valence electrons. The van der Waals surface area contributed by atoms with Gasteiger partial charge in [-0.3, -0.25) is 19.3 Å². The lowest BCUT2D eigenvalue weighted by atomic mass is 10.1. The highest BCUT2D eigenvalue weighted by Crippen LogP contribution is 2.26. The van der Waals surface area contributed by atoms with Gasteiger partial charge >= 0.3 is 0 Å². The summed E-state index contributed by atoms with van der Waals surface area (Å²) in [5.41, 5.74) is 1.68. The number of hydrogen-bond acceptors (Lipinski definition) is 4. The summed E-state index contributed by atoms with van der Waals surface area (Å²) in [6.45, 7) is 1.87. The summed E-state index contributed by atoms with van der Waals surface area (Å²) < 4.78 is 5.33. The molecule has 1 atom stereocenters. The van der Waals surface area contributed by atoms with E-state index in [-0.39, 0.29) is 36.6 Å². The Labute approximate surface area is 151 Å². The lowest BCUT2D eigenvalue weighted by Crippen LogP contribution is -2.30. The number of anilines is 1. The normalized spacial score (nSPS) is 15.1. The molecule has 1 saturated heterocycles. The second kappa shape index (κ2) is 7.39. The van der Waals surface area contributed by atoms with E-state index in [1.807, 2.05) is 31.2 Å². The fourth-order valence-electron chi connectivity index (χ4n) is 3.03. The van der Waals surface area contributed by atoms with Gasteiger partial charge in [0, 0.05) is 24.0 Å². The van der Waals surface area contributed by atoms with Crippen molar-refractivity contribution in [2.75, 3.05) is 12.0 Å². The molecule has 0 bridgehead atoms. The first-order valence-corrected chi connectivity index (χ1v) is 8.41. The highest BCUT2D eigenvalue weighted by Gasteiger charge is 2.30. The molecule has 0 aliphatic carbocycles. The van der Waals surface area contributed by atoms with Crippen LogP contribution in [0.2, 0.25) is 0 Å². The van der Waals surface area contributed by atoms with E-state index in [0.29, 0.717) is 17.0 Å². The number of para-hydroxylation sites is 1. The Morgan fingerprint density at radius 1 is 1.08 bits per heavy atom. The molecule has 1 aliphatic rings. The molecule has 1 fully saturated rings. The van der Waals surface area contributed by atoms with Gasteiger partial charge in [0.1, 0.15) is 5.75 Å². The van der Waals surface area contributed by atoms with Gasteiger partial charge in [0.05, 0.1) is 18.8 Å². The number of imide groups is 1. The van der Waals surface area contributed by atoms with Crippen LogP contribution in [0.3, 0.4) is 0 Å². The van der Waals surface area contributed by atoms with Gasteiger partial charge in [0.15, 0.2) is 0 Å². The molecule has 0 unspecified atom stereocenters. The Hall–Kier alpha value is -3.15. The maximum Gasteiger partial charge on any atom is 0.251 e. The third-order valence-electron chi connectivity index (χ3n) is 4.37. The molecule has 0 aromatic heterocycles. The first kappa shape index (κ1) is 17.7. The molecular weight excluding hydrogens is 332 g/mol. The van der Waals surface area contributed by atoms with Crippen LogP contribution in [0.15, 0.2) is 48.5 Å².